The first-order valence-corrected chi connectivity index (χ1v) is 9.43. The van der Waals surface area contributed by atoms with E-state index in [2.05, 4.69) is 33.0 Å². The molecule has 0 saturated heterocycles. The van der Waals surface area contributed by atoms with Crippen LogP contribution in [-0.4, -0.2) is 15.7 Å². The van der Waals surface area contributed by atoms with Crippen LogP contribution in [0, 0.1) is 0 Å². The molecule has 0 aliphatic heterocycles. The molecule has 0 aliphatic carbocycles. The molecular formula is C22H24ClN3O. The van der Waals surface area contributed by atoms with Gasteiger partial charge in [0.1, 0.15) is 5.82 Å². The van der Waals surface area contributed by atoms with Crippen LogP contribution in [0.3, 0.4) is 0 Å². The van der Waals surface area contributed by atoms with Crippen molar-refractivity contribution in [3.63, 3.8) is 0 Å². The van der Waals surface area contributed by atoms with Crippen molar-refractivity contribution in [3.8, 4) is 5.69 Å². The highest BCUT2D eigenvalue weighted by atomic mass is 35.5. The second-order valence-corrected chi connectivity index (χ2v) is 7.94. The Morgan fingerprint density at radius 2 is 1.78 bits per heavy atom. The molecule has 1 heterocycles. The summed E-state index contributed by atoms with van der Waals surface area (Å²) in [6.07, 6.45) is 0.941. The van der Waals surface area contributed by atoms with Gasteiger partial charge in [0.25, 0.3) is 5.91 Å². The Bertz CT molecular complexity index is 952. The zero-order valence-corrected chi connectivity index (χ0v) is 16.8. The van der Waals surface area contributed by atoms with Gasteiger partial charge in [-0.3, -0.25) is 4.79 Å². The van der Waals surface area contributed by atoms with E-state index in [9.17, 15) is 4.79 Å². The minimum absolute atomic E-state index is 0.158. The van der Waals surface area contributed by atoms with Crippen LogP contribution >= 0.6 is 11.6 Å². The number of nitrogens with one attached hydrogen (secondary N) is 1. The van der Waals surface area contributed by atoms with Crippen LogP contribution in [0.5, 0.6) is 0 Å². The average molecular weight is 382 g/mol. The molecule has 0 atom stereocenters. The third kappa shape index (κ3) is 4.22. The molecule has 0 saturated carbocycles. The zero-order chi connectivity index (χ0) is 19.6. The second-order valence-electron chi connectivity index (χ2n) is 7.53. The number of anilines is 1. The molecule has 0 radical (unpaired) electrons. The van der Waals surface area contributed by atoms with Gasteiger partial charge >= 0.3 is 0 Å². The first-order valence-electron chi connectivity index (χ1n) is 9.05. The predicted molar refractivity (Wildman–Crippen MR) is 111 cm³/mol. The van der Waals surface area contributed by atoms with Crippen LogP contribution in [0.15, 0.2) is 54.6 Å². The van der Waals surface area contributed by atoms with Crippen molar-refractivity contribution in [2.75, 3.05) is 5.32 Å². The summed E-state index contributed by atoms with van der Waals surface area (Å²) in [5.41, 5.74) is 3.25. The Labute approximate surface area is 165 Å². The van der Waals surface area contributed by atoms with E-state index >= 15 is 0 Å². The van der Waals surface area contributed by atoms with Crippen LogP contribution in [0.2, 0.25) is 5.02 Å². The van der Waals surface area contributed by atoms with Crippen molar-refractivity contribution in [1.29, 1.82) is 0 Å². The maximum Gasteiger partial charge on any atom is 0.256 e. The summed E-state index contributed by atoms with van der Waals surface area (Å²) < 4.78 is 1.70. The molecule has 0 spiro atoms. The number of aromatic nitrogens is 2. The first kappa shape index (κ1) is 19.2. The largest absolute Gasteiger partial charge is 0.306 e. The number of aryl methyl sites for hydroxylation is 1. The number of para-hydroxylation sites is 1. The summed E-state index contributed by atoms with van der Waals surface area (Å²) in [5, 5.41) is 8.26. The Kier molecular flexibility index (Phi) is 5.38. The standard InChI is InChI=1S/C22H24ClN3O/c1-5-15-10-12-16(13-11-15)21(27)24-20-14-19(22(2,3)4)25-26(20)18-9-7-6-8-17(18)23/h6-14H,5H2,1-4H3,(H,24,27). The Morgan fingerprint density at radius 1 is 1.11 bits per heavy atom. The van der Waals surface area contributed by atoms with E-state index in [1.54, 1.807) is 4.68 Å². The van der Waals surface area contributed by atoms with Gasteiger partial charge < -0.3 is 5.32 Å². The van der Waals surface area contributed by atoms with E-state index in [1.165, 1.54) is 5.56 Å². The summed E-state index contributed by atoms with van der Waals surface area (Å²) in [7, 11) is 0. The van der Waals surface area contributed by atoms with E-state index in [-0.39, 0.29) is 11.3 Å². The molecule has 140 valence electrons. The number of halogens is 1. The van der Waals surface area contributed by atoms with Crippen LogP contribution in [0.4, 0.5) is 5.82 Å². The summed E-state index contributed by atoms with van der Waals surface area (Å²) in [4.78, 5) is 12.8. The summed E-state index contributed by atoms with van der Waals surface area (Å²) in [6, 6.07) is 17.0. The number of benzene rings is 2. The van der Waals surface area contributed by atoms with Gasteiger partial charge in [-0.05, 0) is 36.2 Å². The number of nitrogens with zero attached hydrogens (tertiary/aromatic N) is 2. The molecule has 1 amide bonds. The summed E-state index contributed by atoms with van der Waals surface area (Å²) >= 11 is 6.37. The molecule has 0 fully saturated rings. The fraction of sp³-hybridized carbons (Fsp3) is 0.273. The van der Waals surface area contributed by atoms with Gasteiger partial charge in [0, 0.05) is 17.0 Å². The minimum Gasteiger partial charge on any atom is -0.306 e. The SMILES string of the molecule is CCc1ccc(C(=O)Nc2cc(C(C)(C)C)nn2-c2ccccc2Cl)cc1. The fourth-order valence-electron chi connectivity index (χ4n) is 2.72. The van der Waals surface area contributed by atoms with Gasteiger partial charge in [0.15, 0.2) is 0 Å². The van der Waals surface area contributed by atoms with E-state index in [4.69, 9.17) is 16.7 Å². The lowest BCUT2D eigenvalue weighted by molar-refractivity contribution is 0.102. The topological polar surface area (TPSA) is 46.9 Å². The van der Waals surface area contributed by atoms with Gasteiger partial charge in [-0.2, -0.15) is 5.10 Å². The lowest BCUT2D eigenvalue weighted by Gasteiger charge is -2.14. The molecular weight excluding hydrogens is 358 g/mol. The lowest BCUT2D eigenvalue weighted by atomic mass is 9.92. The molecule has 1 aromatic heterocycles. The van der Waals surface area contributed by atoms with Gasteiger partial charge in [0.05, 0.1) is 16.4 Å². The monoisotopic (exact) mass is 381 g/mol. The van der Waals surface area contributed by atoms with Gasteiger partial charge in [-0.1, -0.05) is 63.6 Å². The second kappa shape index (κ2) is 7.57. The zero-order valence-electron chi connectivity index (χ0n) is 16.1. The number of hydrogen-bond acceptors (Lipinski definition) is 2. The third-order valence-corrected chi connectivity index (χ3v) is 4.74. The summed E-state index contributed by atoms with van der Waals surface area (Å²) in [5.74, 6) is 0.420. The maximum absolute atomic E-state index is 12.8. The molecule has 5 heteroatoms. The quantitative estimate of drug-likeness (QED) is 0.635. The van der Waals surface area contributed by atoms with Crippen LogP contribution in [0.1, 0.15) is 49.3 Å². The highest BCUT2D eigenvalue weighted by Crippen LogP contribution is 2.29. The molecule has 2 aromatic carbocycles. The summed E-state index contributed by atoms with van der Waals surface area (Å²) in [6.45, 7) is 8.34. The minimum atomic E-state index is -0.175. The number of amides is 1. The number of carbonyl (C=O) groups excluding carboxylic acids is 1. The third-order valence-electron chi connectivity index (χ3n) is 4.42. The van der Waals surface area contributed by atoms with Crippen molar-refractivity contribution in [2.24, 2.45) is 0 Å². The maximum atomic E-state index is 12.8. The van der Waals surface area contributed by atoms with E-state index in [0.29, 0.717) is 16.4 Å². The van der Waals surface area contributed by atoms with Crippen molar-refractivity contribution in [2.45, 2.75) is 39.5 Å². The average Bonchev–Trinajstić information content (AvgIpc) is 3.06. The number of hydrogen-bond donors (Lipinski definition) is 1. The molecule has 0 unspecified atom stereocenters. The van der Waals surface area contributed by atoms with Crippen LogP contribution in [0.25, 0.3) is 5.69 Å². The Hall–Kier alpha value is -2.59. The Morgan fingerprint density at radius 3 is 2.37 bits per heavy atom. The molecule has 0 bridgehead atoms. The highest BCUT2D eigenvalue weighted by Gasteiger charge is 2.22. The van der Waals surface area contributed by atoms with Crippen molar-refractivity contribution in [1.82, 2.24) is 9.78 Å². The predicted octanol–water partition coefficient (Wildman–Crippen LogP) is 5.64. The van der Waals surface area contributed by atoms with Crippen molar-refractivity contribution >= 4 is 23.3 Å². The molecule has 3 aromatic rings. The highest BCUT2D eigenvalue weighted by molar-refractivity contribution is 6.32. The van der Waals surface area contributed by atoms with Crippen molar-refractivity contribution in [3.05, 3.63) is 76.4 Å². The normalized spacial score (nSPS) is 11.4. The molecule has 4 nitrogen and oxygen atoms in total. The van der Waals surface area contributed by atoms with E-state index in [1.807, 2.05) is 54.6 Å². The molecule has 3 rings (SSSR count). The van der Waals surface area contributed by atoms with Gasteiger partial charge in [0.2, 0.25) is 0 Å². The molecule has 1 N–H and O–H groups in total. The fourth-order valence-corrected chi connectivity index (χ4v) is 2.94. The number of rotatable bonds is 4. The smallest absolute Gasteiger partial charge is 0.256 e. The van der Waals surface area contributed by atoms with Crippen LogP contribution < -0.4 is 5.32 Å². The number of carbonyl (C=O) groups is 1. The van der Waals surface area contributed by atoms with Gasteiger partial charge in [-0.25, -0.2) is 4.68 Å². The molecule has 27 heavy (non-hydrogen) atoms. The first-order chi connectivity index (χ1) is 12.8. The lowest BCUT2D eigenvalue weighted by Crippen LogP contribution is -2.15. The Balaban J connectivity index is 1.99. The van der Waals surface area contributed by atoms with E-state index in [0.717, 1.165) is 17.8 Å². The van der Waals surface area contributed by atoms with Crippen molar-refractivity contribution < 1.29 is 4.79 Å². The molecule has 0 aliphatic rings. The van der Waals surface area contributed by atoms with Crippen LogP contribution in [-0.2, 0) is 11.8 Å². The van der Waals surface area contributed by atoms with E-state index < -0.39 is 0 Å². The van der Waals surface area contributed by atoms with Gasteiger partial charge in [-0.15, -0.1) is 0 Å².